The number of amides is 1. The van der Waals surface area contributed by atoms with E-state index in [1.165, 1.54) is 5.56 Å². The van der Waals surface area contributed by atoms with Crippen LogP contribution in [-0.4, -0.2) is 5.91 Å². The molecule has 2 nitrogen and oxygen atoms in total. The standard InChI is InChI=1S/C14H21NO/c1-10(2)13(15-14(16)11(3)4)12-8-6-5-7-9-12/h5-11,13H,1-4H3,(H,15,16). The normalized spacial score (nSPS) is 12.9. The Hall–Kier alpha value is -1.31. The molecule has 0 aromatic heterocycles. The molecule has 0 aliphatic heterocycles. The van der Waals surface area contributed by atoms with Gasteiger partial charge in [0.25, 0.3) is 0 Å². The van der Waals surface area contributed by atoms with Gasteiger partial charge in [-0.15, -0.1) is 0 Å². The van der Waals surface area contributed by atoms with Gasteiger partial charge in [0.15, 0.2) is 0 Å². The molecular formula is C14H21NO. The minimum atomic E-state index is 0.0324. The molecule has 16 heavy (non-hydrogen) atoms. The van der Waals surface area contributed by atoms with E-state index in [0.29, 0.717) is 5.92 Å². The molecule has 0 heterocycles. The highest BCUT2D eigenvalue weighted by Crippen LogP contribution is 2.21. The average Bonchev–Trinajstić information content (AvgIpc) is 2.26. The third-order valence-corrected chi connectivity index (χ3v) is 2.65. The van der Waals surface area contributed by atoms with Gasteiger partial charge >= 0.3 is 0 Å². The van der Waals surface area contributed by atoms with E-state index >= 15 is 0 Å². The average molecular weight is 219 g/mol. The summed E-state index contributed by atoms with van der Waals surface area (Å²) in [5.41, 5.74) is 1.17. The van der Waals surface area contributed by atoms with Gasteiger partial charge in [-0.05, 0) is 11.5 Å². The van der Waals surface area contributed by atoms with E-state index in [1.54, 1.807) is 0 Å². The van der Waals surface area contributed by atoms with Crippen molar-refractivity contribution in [1.29, 1.82) is 0 Å². The minimum Gasteiger partial charge on any atom is -0.349 e. The van der Waals surface area contributed by atoms with Crippen LogP contribution in [0, 0.1) is 11.8 Å². The van der Waals surface area contributed by atoms with Crippen LogP contribution in [0.4, 0.5) is 0 Å². The topological polar surface area (TPSA) is 29.1 Å². The summed E-state index contributed by atoms with van der Waals surface area (Å²) in [7, 11) is 0. The van der Waals surface area contributed by atoms with E-state index in [9.17, 15) is 4.79 Å². The predicted molar refractivity (Wildman–Crippen MR) is 67.0 cm³/mol. The van der Waals surface area contributed by atoms with Crippen LogP contribution in [0.25, 0.3) is 0 Å². The van der Waals surface area contributed by atoms with Crippen LogP contribution < -0.4 is 5.32 Å². The quantitative estimate of drug-likeness (QED) is 0.828. The number of hydrogen-bond acceptors (Lipinski definition) is 1. The first-order valence-corrected chi connectivity index (χ1v) is 5.87. The molecule has 88 valence electrons. The Morgan fingerprint density at radius 2 is 1.62 bits per heavy atom. The van der Waals surface area contributed by atoms with Crippen molar-refractivity contribution in [3.8, 4) is 0 Å². The fourth-order valence-electron chi connectivity index (χ4n) is 1.62. The SMILES string of the molecule is CC(C)C(=O)NC(c1ccccc1)C(C)C. The summed E-state index contributed by atoms with van der Waals surface area (Å²) in [5.74, 6) is 0.539. The van der Waals surface area contributed by atoms with Gasteiger partial charge in [0.2, 0.25) is 5.91 Å². The van der Waals surface area contributed by atoms with E-state index in [4.69, 9.17) is 0 Å². The van der Waals surface area contributed by atoms with Crippen molar-refractivity contribution < 1.29 is 4.79 Å². The molecule has 1 unspecified atom stereocenters. The molecule has 2 heteroatoms. The second-order valence-corrected chi connectivity index (χ2v) is 4.80. The maximum Gasteiger partial charge on any atom is 0.223 e. The van der Waals surface area contributed by atoms with E-state index in [2.05, 4.69) is 31.3 Å². The maximum absolute atomic E-state index is 11.7. The summed E-state index contributed by atoms with van der Waals surface area (Å²) < 4.78 is 0. The lowest BCUT2D eigenvalue weighted by Crippen LogP contribution is -2.34. The van der Waals surface area contributed by atoms with Crippen molar-refractivity contribution in [1.82, 2.24) is 5.32 Å². The lowest BCUT2D eigenvalue weighted by Gasteiger charge is -2.23. The zero-order valence-electron chi connectivity index (χ0n) is 10.5. The molecule has 0 saturated carbocycles. The lowest BCUT2D eigenvalue weighted by atomic mass is 9.95. The second kappa shape index (κ2) is 5.69. The van der Waals surface area contributed by atoms with Gasteiger partial charge in [0.05, 0.1) is 6.04 Å². The van der Waals surface area contributed by atoms with Crippen LogP contribution in [0.5, 0.6) is 0 Å². The molecule has 1 N–H and O–H groups in total. The summed E-state index contributed by atoms with van der Waals surface area (Å²) in [6.07, 6.45) is 0. The largest absolute Gasteiger partial charge is 0.349 e. The second-order valence-electron chi connectivity index (χ2n) is 4.80. The maximum atomic E-state index is 11.7. The molecule has 1 rings (SSSR count). The highest BCUT2D eigenvalue weighted by molar-refractivity contribution is 5.78. The van der Waals surface area contributed by atoms with Crippen LogP contribution in [0.1, 0.15) is 39.3 Å². The van der Waals surface area contributed by atoms with Crippen molar-refractivity contribution >= 4 is 5.91 Å². The summed E-state index contributed by atoms with van der Waals surface area (Å²) in [6.45, 7) is 8.08. The Morgan fingerprint density at radius 3 is 2.06 bits per heavy atom. The number of rotatable bonds is 4. The van der Waals surface area contributed by atoms with Crippen LogP contribution >= 0.6 is 0 Å². The van der Waals surface area contributed by atoms with Crippen LogP contribution in [-0.2, 0) is 4.79 Å². The number of nitrogens with one attached hydrogen (secondary N) is 1. The Morgan fingerprint density at radius 1 is 1.06 bits per heavy atom. The molecule has 1 amide bonds. The summed E-state index contributed by atoms with van der Waals surface area (Å²) in [4.78, 5) is 11.7. The predicted octanol–water partition coefficient (Wildman–Crippen LogP) is 3.16. The molecular weight excluding hydrogens is 198 g/mol. The van der Waals surface area contributed by atoms with Gasteiger partial charge in [0, 0.05) is 5.92 Å². The Balaban J connectivity index is 2.81. The smallest absolute Gasteiger partial charge is 0.223 e. The van der Waals surface area contributed by atoms with Crippen molar-refractivity contribution in [2.45, 2.75) is 33.7 Å². The van der Waals surface area contributed by atoms with Gasteiger partial charge < -0.3 is 5.32 Å². The van der Waals surface area contributed by atoms with E-state index in [-0.39, 0.29) is 17.9 Å². The first-order valence-electron chi connectivity index (χ1n) is 5.87. The Kier molecular flexibility index (Phi) is 4.53. The summed E-state index contributed by atoms with van der Waals surface area (Å²) in [6, 6.07) is 10.2. The molecule has 1 aromatic rings. The van der Waals surface area contributed by atoms with Crippen molar-refractivity contribution in [2.24, 2.45) is 11.8 Å². The van der Waals surface area contributed by atoms with E-state index < -0.39 is 0 Å². The molecule has 0 aliphatic rings. The van der Waals surface area contributed by atoms with Gasteiger partial charge in [0.1, 0.15) is 0 Å². The third-order valence-electron chi connectivity index (χ3n) is 2.65. The Labute approximate surface area is 98.1 Å². The van der Waals surface area contributed by atoms with Gasteiger partial charge in [-0.2, -0.15) is 0 Å². The Bertz CT molecular complexity index is 330. The monoisotopic (exact) mass is 219 g/mol. The molecule has 1 aromatic carbocycles. The zero-order valence-corrected chi connectivity index (χ0v) is 10.5. The molecule has 0 aliphatic carbocycles. The number of hydrogen-bond donors (Lipinski definition) is 1. The van der Waals surface area contributed by atoms with Gasteiger partial charge in [-0.1, -0.05) is 58.0 Å². The summed E-state index contributed by atoms with van der Waals surface area (Å²) >= 11 is 0. The minimum absolute atomic E-state index is 0.0324. The zero-order chi connectivity index (χ0) is 12.1. The lowest BCUT2D eigenvalue weighted by molar-refractivity contribution is -0.125. The summed E-state index contributed by atoms with van der Waals surface area (Å²) in [5, 5.41) is 3.09. The number of benzene rings is 1. The highest BCUT2D eigenvalue weighted by Gasteiger charge is 2.19. The number of carbonyl (C=O) groups excluding carboxylic acids is 1. The highest BCUT2D eigenvalue weighted by atomic mass is 16.1. The van der Waals surface area contributed by atoms with Crippen LogP contribution in [0.3, 0.4) is 0 Å². The molecule has 0 fully saturated rings. The molecule has 0 saturated heterocycles. The van der Waals surface area contributed by atoms with Gasteiger partial charge in [-0.3, -0.25) is 4.79 Å². The molecule has 0 spiro atoms. The van der Waals surface area contributed by atoms with E-state index in [0.717, 1.165) is 0 Å². The number of carbonyl (C=O) groups is 1. The fraction of sp³-hybridized carbons (Fsp3) is 0.500. The van der Waals surface area contributed by atoms with Crippen molar-refractivity contribution in [3.05, 3.63) is 35.9 Å². The molecule has 0 bridgehead atoms. The third kappa shape index (κ3) is 3.37. The van der Waals surface area contributed by atoms with Crippen molar-refractivity contribution in [3.63, 3.8) is 0 Å². The first-order chi connectivity index (χ1) is 7.52. The van der Waals surface area contributed by atoms with Crippen molar-refractivity contribution in [2.75, 3.05) is 0 Å². The molecule has 1 atom stereocenters. The van der Waals surface area contributed by atoms with Crippen LogP contribution in [0.2, 0.25) is 0 Å². The first kappa shape index (κ1) is 12.8. The molecule has 0 radical (unpaired) electrons. The fourth-order valence-corrected chi connectivity index (χ4v) is 1.62. The van der Waals surface area contributed by atoms with Gasteiger partial charge in [-0.25, -0.2) is 0 Å². The van der Waals surface area contributed by atoms with Crippen LogP contribution in [0.15, 0.2) is 30.3 Å². The van der Waals surface area contributed by atoms with E-state index in [1.807, 2.05) is 32.0 Å².